The fourth-order valence-corrected chi connectivity index (χ4v) is 3.73. The summed E-state index contributed by atoms with van der Waals surface area (Å²) >= 11 is -1.79. The molecule has 0 saturated heterocycles. The van der Waals surface area contributed by atoms with Crippen molar-refractivity contribution in [3.8, 4) is 11.1 Å². The van der Waals surface area contributed by atoms with Crippen molar-refractivity contribution < 1.29 is 12.7 Å². The van der Waals surface area contributed by atoms with Gasteiger partial charge in [0, 0.05) is 11.1 Å². The molecule has 1 atom stereocenters. The van der Waals surface area contributed by atoms with Gasteiger partial charge in [0.25, 0.3) is 0 Å². The molecule has 0 aromatic heterocycles. The van der Waals surface area contributed by atoms with E-state index in [0.717, 1.165) is 11.1 Å². The maximum Gasteiger partial charge on any atom is 0.186 e. The average molecular weight is 442 g/mol. The largest absolute Gasteiger partial charge is 0.292 e. The Morgan fingerprint density at radius 2 is 1.04 bits per heavy atom. The number of benzene rings is 3. The van der Waals surface area contributed by atoms with Gasteiger partial charge in [0.05, 0.1) is 0 Å². The topological polar surface area (TPSA) is 51.2 Å². The molecule has 0 saturated carbocycles. The highest BCUT2D eigenvalue weighted by atomic mass is 127. The number of carbonyl (C=O) groups excluding carboxylic acids is 2. The lowest BCUT2D eigenvalue weighted by Crippen LogP contribution is -2.25. The lowest BCUT2D eigenvalue weighted by atomic mass is 9.99. The summed E-state index contributed by atoms with van der Waals surface area (Å²) in [6.45, 7) is 0. The van der Waals surface area contributed by atoms with E-state index >= 15 is 0 Å². The van der Waals surface area contributed by atoms with Gasteiger partial charge in [0.2, 0.25) is 0 Å². The van der Waals surface area contributed by atoms with Gasteiger partial charge in [-0.05, 0) is 11.1 Å². The van der Waals surface area contributed by atoms with Crippen molar-refractivity contribution in [3.63, 3.8) is 0 Å². The lowest BCUT2D eigenvalue weighted by molar-refractivity contribution is 0.0910. The molecule has 4 heteroatoms. The second kappa shape index (κ2) is 8.07. The first-order valence-corrected chi connectivity index (χ1v) is 9.88. The fraction of sp³-hybridized carbons (Fsp3) is 0.0476. The number of ketones is 2. The second-order valence-electron chi connectivity index (χ2n) is 5.49. The Kier molecular flexibility index (Phi) is 5.60. The van der Waals surface area contributed by atoms with Crippen LogP contribution in [-0.4, -0.2) is 15.5 Å². The van der Waals surface area contributed by atoms with Crippen molar-refractivity contribution in [2.45, 2.75) is 3.92 Å². The standard InChI is InChI=1S/C21H15IO3/c23-20(17-9-5-2-6-10-17)19(22-25)21(24)18-13-11-16(12-14-18)15-7-3-1-4-8-15/h1-14,19H. The van der Waals surface area contributed by atoms with Crippen LogP contribution in [0.5, 0.6) is 0 Å². The first-order chi connectivity index (χ1) is 12.2. The summed E-state index contributed by atoms with van der Waals surface area (Å²) in [5, 5.41) is 0. The quantitative estimate of drug-likeness (QED) is 0.231. The highest BCUT2D eigenvalue weighted by molar-refractivity contribution is 14.1. The number of halogens is 1. The minimum atomic E-state index is -1.79. The fourth-order valence-electron chi connectivity index (χ4n) is 2.55. The van der Waals surface area contributed by atoms with Crippen molar-refractivity contribution in [1.82, 2.24) is 0 Å². The molecule has 0 amide bonds. The molecule has 0 spiro atoms. The summed E-state index contributed by atoms with van der Waals surface area (Å²) in [7, 11) is 0. The minimum Gasteiger partial charge on any atom is -0.292 e. The Balaban J connectivity index is 1.84. The molecule has 0 fully saturated rings. The van der Waals surface area contributed by atoms with E-state index in [1.165, 1.54) is 0 Å². The van der Waals surface area contributed by atoms with Gasteiger partial charge in [-0.2, -0.15) is 0 Å². The Morgan fingerprint density at radius 1 is 0.600 bits per heavy atom. The average Bonchev–Trinajstić information content (AvgIpc) is 2.70. The molecule has 0 aliphatic heterocycles. The summed E-state index contributed by atoms with van der Waals surface area (Å²) in [6, 6.07) is 25.4. The molecule has 3 rings (SSSR count). The number of alkyl halides is 1. The number of rotatable bonds is 6. The van der Waals surface area contributed by atoms with Crippen molar-refractivity contribution in [1.29, 1.82) is 0 Å². The van der Waals surface area contributed by atoms with Crippen molar-refractivity contribution >= 4 is 32.8 Å². The summed E-state index contributed by atoms with van der Waals surface area (Å²) < 4.78 is 10.5. The molecule has 0 aliphatic rings. The third-order valence-corrected chi connectivity index (χ3v) is 5.52. The van der Waals surface area contributed by atoms with Crippen LogP contribution < -0.4 is 0 Å². The summed E-state index contributed by atoms with van der Waals surface area (Å²) in [5.41, 5.74) is 2.86. The predicted molar refractivity (Wildman–Crippen MR) is 105 cm³/mol. The van der Waals surface area contributed by atoms with Crippen LogP contribution in [0.25, 0.3) is 11.1 Å². The van der Waals surface area contributed by atoms with E-state index in [0.29, 0.717) is 11.1 Å². The Hall–Kier alpha value is -2.47. The Labute approximate surface area is 156 Å². The molecular weight excluding hydrogens is 427 g/mol. The molecule has 3 nitrogen and oxygen atoms in total. The predicted octanol–water partition coefficient (Wildman–Crippen LogP) is 5.10. The smallest absolute Gasteiger partial charge is 0.186 e. The maximum atomic E-state index is 12.6. The van der Waals surface area contributed by atoms with Crippen LogP contribution in [0.2, 0.25) is 0 Å². The van der Waals surface area contributed by atoms with E-state index in [1.54, 1.807) is 42.5 Å². The van der Waals surface area contributed by atoms with Gasteiger partial charge >= 0.3 is 0 Å². The molecule has 0 N–H and O–H groups in total. The van der Waals surface area contributed by atoms with Gasteiger partial charge in [-0.1, -0.05) is 84.9 Å². The van der Waals surface area contributed by atoms with E-state index in [9.17, 15) is 12.7 Å². The van der Waals surface area contributed by atoms with Gasteiger partial charge in [-0.25, -0.2) is 0 Å². The van der Waals surface area contributed by atoms with Crippen LogP contribution in [0.15, 0.2) is 84.9 Å². The van der Waals surface area contributed by atoms with Crippen LogP contribution in [-0.2, 0) is 3.07 Å². The zero-order valence-electron chi connectivity index (χ0n) is 13.3. The van der Waals surface area contributed by atoms with Crippen LogP contribution in [0.3, 0.4) is 0 Å². The molecule has 124 valence electrons. The monoisotopic (exact) mass is 442 g/mol. The van der Waals surface area contributed by atoms with E-state index in [1.807, 2.05) is 42.5 Å². The van der Waals surface area contributed by atoms with E-state index in [-0.39, 0.29) is 11.6 Å². The highest BCUT2D eigenvalue weighted by Gasteiger charge is 2.29. The van der Waals surface area contributed by atoms with Gasteiger partial charge in [0.1, 0.15) is 0 Å². The molecule has 3 aromatic carbocycles. The van der Waals surface area contributed by atoms with Gasteiger partial charge in [-0.15, -0.1) is 0 Å². The molecule has 1 unspecified atom stereocenters. The minimum absolute atomic E-state index is 0.375. The van der Waals surface area contributed by atoms with Crippen molar-refractivity contribution in [3.05, 3.63) is 96.1 Å². The molecule has 3 aromatic rings. The van der Waals surface area contributed by atoms with Crippen molar-refractivity contribution in [2.75, 3.05) is 0 Å². The zero-order chi connectivity index (χ0) is 17.6. The first kappa shape index (κ1) is 17.4. The third kappa shape index (κ3) is 3.96. The van der Waals surface area contributed by atoms with E-state index in [4.69, 9.17) is 0 Å². The zero-order valence-corrected chi connectivity index (χ0v) is 15.4. The number of hydrogen-bond donors (Lipinski definition) is 0. The SMILES string of the molecule is O=IC(C(=O)c1ccccc1)C(=O)c1ccc(-c2ccccc2)cc1. The van der Waals surface area contributed by atoms with Crippen LogP contribution >= 0.6 is 21.2 Å². The second-order valence-corrected chi connectivity index (χ2v) is 7.24. The normalized spacial score (nSPS) is 11.7. The van der Waals surface area contributed by atoms with Crippen molar-refractivity contribution in [2.24, 2.45) is 0 Å². The Morgan fingerprint density at radius 3 is 1.56 bits per heavy atom. The van der Waals surface area contributed by atoms with Crippen LogP contribution in [0.1, 0.15) is 20.7 Å². The maximum absolute atomic E-state index is 12.6. The summed E-state index contributed by atoms with van der Waals surface area (Å²) in [4.78, 5) is 25.1. The number of carbonyl (C=O) groups is 2. The number of hydrogen-bond acceptors (Lipinski definition) is 3. The number of Topliss-reactive ketones (excluding diaryl/α,β-unsaturated/α-hetero) is 2. The summed E-state index contributed by atoms with van der Waals surface area (Å²) in [5.74, 6) is -0.753. The van der Waals surface area contributed by atoms with Gasteiger partial charge in [-0.3, -0.25) is 12.7 Å². The molecule has 0 bridgehead atoms. The molecular formula is C21H15IO3. The van der Waals surface area contributed by atoms with Gasteiger partial charge in [0.15, 0.2) is 36.7 Å². The Bertz CT molecular complexity index is 887. The third-order valence-electron chi connectivity index (χ3n) is 3.88. The van der Waals surface area contributed by atoms with E-state index in [2.05, 4.69) is 0 Å². The van der Waals surface area contributed by atoms with Crippen LogP contribution in [0.4, 0.5) is 0 Å². The first-order valence-electron chi connectivity index (χ1n) is 7.75. The molecule has 25 heavy (non-hydrogen) atoms. The molecule has 0 aliphatic carbocycles. The molecule has 0 radical (unpaired) electrons. The van der Waals surface area contributed by atoms with Crippen LogP contribution in [0, 0.1) is 0 Å². The van der Waals surface area contributed by atoms with E-state index < -0.39 is 25.1 Å². The summed E-state index contributed by atoms with van der Waals surface area (Å²) in [6.07, 6.45) is 0. The molecule has 0 heterocycles. The van der Waals surface area contributed by atoms with Gasteiger partial charge < -0.3 is 0 Å². The lowest BCUT2D eigenvalue weighted by Gasteiger charge is -2.09. The highest BCUT2D eigenvalue weighted by Crippen LogP contribution is 2.23.